The average molecular weight is 404 g/mol. The van der Waals surface area contributed by atoms with Crippen LogP contribution in [0.15, 0.2) is 54.4 Å². The Morgan fingerprint density at radius 3 is 2.90 bits per heavy atom. The van der Waals surface area contributed by atoms with Crippen molar-refractivity contribution in [3.05, 3.63) is 71.3 Å². The number of amides is 1. The van der Waals surface area contributed by atoms with Crippen molar-refractivity contribution in [3.8, 4) is 0 Å². The molecule has 2 aliphatic rings. The van der Waals surface area contributed by atoms with Crippen LogP contribution in [-0.2, 0) is 11.3 Å². The van der Waals surface area contributed by atoms with Gasteiger partial charge >= 0.3 is 0 Å². The van der Waals surface area contributed by atoms with Crippen LogP contribution in [0.2, 0.25) is 0 Å². The molecule has 0 unspecified atom stereocenters. The van der Waals surface area contributed by atoms with E-state index in [1.165, 1.54) is 6.07 Å². The first-order valence-corrected chi connectivity index (χ1v) is 9.89. The molecule has 3 N–H and O–H groups in total. The summed E-state index contributed by atoms with van der Waals surface area (Å²) in [7, 11) is 0. The quantitative estimate of drug-likeness (QED) is 0.586. The minimum absolute atomic E-state index is 0.0704. The highest BCUT2D eigenvalue weighted by atomic mass is 19.1. The van der Waals surface area contributed by atoms with E-state index in [-0.39, 0.29) is 18.1 Å². The van der Waals surface area contributed by atoms with Gasteiger partial charge in [0, 0.05) is 35.5 Å². The molecule has 1 saturated heterocycles. The Morgan fingerprint density at radius 2 is 2.17 bits per heavy atom. The predicted octanol–water partition coefficient (Wildman–Crippen LogP) is 3.47. The van der Waals surface area contributed by atoms with Gasteiger partial charge in [-0.05, 0) is 30.6 Å². The van der Waals surface area contributed by atoms with E-state index >= 15 is 0 Å². The van der Waals surface area contributed by atoms with Crippen LogP contribution in [0, 0.1) is 5.82 Å². The number of hydrogen-bond acceptors (Lipinski definition) is 5. The number of carbonyl (C=O) groups excluding carboxylic acids is 1. The van der Waals surface area contributed by atoms with Crippen molar-refractivity contribution in [1.82, 2.24) is 19.9 Å². The Kier molecular flexibility index (Phi) is 4.46. The first-order valence-electron chi connectivity index (χ1n) is 9.89. The summed E-state index contributed by atoms with van der Waals surface area (Å²) in [6, 6.07) is 8.98. The molecule has 8 heteroatoms. The van der Waals surface area contributed by atoms with Crippen molar-refractivity contribution in [2.75, 3.05) is 10.6 Å². The van der Waals surface area contributed by atoms with Gasteiger partial charge in [-0.25, -0.2) is 9.37 Å². The summed E-state index contributed by atoms with van der Waals surface area (Å²) in [6.45, 7) is 4.21. The predicted molar refractivity (Wildman–Crippen MR) is 113 cm³/mol. The van der Waals surface area contributed by atoms with Gasteiger partial charge < -0.3 is 16.0 Å². The number of halogens is 1. The van der Waals surface area contributed by atoms with Gasteiger partial charge in [0.1, 0.15) is 17.5 Å². The first-order chi connectivity index (χ1) is 14.6. The Morgan fingerprint density at radius 1 is 1.33 bits per heavy atom. The van der Waals surface area contributed by atoms with Crippen LogP contribution in [0.4, 0.5) is 16.0 Å². The Hall–Kier alpha value is -3.68. The summed E-state index contributed by atoms with van der Waals surface area (Å²) < 4.78 is 15.7. The molecule has 0 radical (unpaired) electrons. The number of hydrogen-bond donors (Lipinski definition) is 3. The Bertz CT molecular complexity index is 1190. The van der Waals surface area contributed by atoms with Crippen LogP contribution in [0.3, 0.4) is 0 Å². The Labute approximate surface area is 172 Å². The van der Waals surface area contributed by atoms with Crippen molar-refractivity contribution < 1.29 is 9.18 Å². The van der Waals surface area contributed by atoms with Crippen LogP contribution in [-0.4, -0.2) is 26.5 Å². The summed E-state index contributed by atoms with van der Waals surface area (Å²) in [6.07, 6.45) is 6.14. The van der Waals surface area contributed by atoms with E-state index in [0.29, 0.717) is 35.3 Å². The molecular formula is C22H21FN6O. The van der Waals surface area contributed by atoms with Gasteiger partial charge in [-0.1, -0.05) is 24.8 Å². The molecule has 0 spiro atoms. The topological polar surface area (TPSA) is 83.4 Å². The van der Waals surface area contributed by atoms with Crippen LogP contribution in [0.1, 0.15) is 30.4 Å². The first kappa shape index (κ1) is 18.4. The van der Waals surface area contributed by atoms with E-state index in [1.807, 2.05) is 18.2 Å². The molecule has 1 aliphatic carbocycles. The summed E-state index contributed by atoms with van der Waals surface area (Å²) in [5, 5.41) is 13.9. The third-order valence-electron chi connectivity index (χ3n) is 5.20. The van der Waals surface area contributed by atoms with Crippen LogP contribution in [0.25, 0.3) is 11.7 Å². The number of anilines is 2. The highest BCUT2D eigenvalue weighted by Crippen LogP contribution is 2.29. The number of allylic oxidation sites excluding steroid dienone is 1. The number of fused-ring (bicyclic) bond motifs is 1. The second kappa shape index (κ2) is 7.29. The third-order valence-corrected chi connectivity index (χ3v) is 5.20. The van der Waals surface area contributed by atoms with Gasteiger partial charge in [-0.2, -0.15) is 9.61 Å². The zero-order valence-electron chi connectivity index (χ0n) is 16.3. The minimum atomic E-state index is -0.255. The number of carbonyl (C=O) groups is 1. The van der Waals surface area contributed by atoms with Crippen molar-refractivity contribution in [2.24, 2.45) is 0 Å². The summed E-state index contributed by atoms with van der Waals surface area (Å²) in [5.41, 5.74) is 3.42. The molecule has 0 atom stereocenters. The molecule has 30 heavy (non-hydrogen) atoms. The third kappa shape index (κ3) is 3.63. The monoisotopic (exact) mass is 404 g/mol. The highest BCUT2D eigenvalue weighted by Gasteiger charge is 2.24. The number of nitrogens with one attached hydrogen (secondary N) is 3. The van der Waals surface area contributed by atoms with Crippen molar-refractivity contribution in [3.63, 3.8) is 0 Å². The van der Waals surface area contributed by atoms with E-state index in [4.69, 9.17) is 4.98 Å². The lowest BCUT2D eigenvalue weighted by molar-refractivity contribution is -0.118. The zero-order chi connectivity index (χ0) is 20.7. The van der Waals surface area contributed by atoms with Gasteiger partial charge in [0.25, 0.3) is 0 Å². The maximum absolute atomic E-state index is 14.0. The summed E-state index contributed by atoms with van der Waals surface area (Å²) in [5.74, 6) is 1.12. The fourth-order valence-electron chi connectivity index (χ4n) is 3.44. The van der Waals surface area contributed by atoms with Crippen LogP contribution in [0.5, 0.6) is 0 Å². The van der Waals surface area contributed by atoms with E-state index in [9.17, 15) is 9.18 Å². The van der Waals surface area contributed by atoms with E-state index in [0.717, 1.165) is 29.8 Å². The number of rotatable bonds is 6. The number of nitrogens with zero attached hydrogens (tertiary/aromatic N) is 3. The fraction of sp³-hybridized carbons (Fsp3) is 0.227. The summed E-state index contributed by atoms with van der Waals surface area (Å²) in [4.78, 5) is 16.3. The summed E-state index contributed by atoms with van der Waals surface area (Å²) >= 11 is 0. The van der Waals surface area contributed by atoms with Gasteiger partial charge in [-0.15, -0.1) is 0 Å². The molecule has 1 aliphatic heterocycles. The largest absolute Gasteiger partial charge is 0.367 e. The van der Waals surface area contributed by atoms with Gasteiger partial charge in [-0.3, -0.25) is 4.79 Å². The normalized spacial score (nSPS) is 17.6. The maximum Gasteiger partial charge on any atom is 0.228 e. The second-order valence-corrected chi connectivity index (χ2v) is 7.60. The minimum Gasteiger partial charge on any atom is -0.367 e. The van der Waals surface area contributed by atoms with E-state index in [2.05, 4.69) is 27.6 Å². The lowest BCUT2D eigenvalue weighted by Crippen LogP contribution is -2.10. The van der Waals surface area contributed by atoms with Crippen molar-refractivity contribution in [1.29, 1.82) is 0 Å². The smallest absolute Gasteiger partial charge is 0.228 e. The molecule has 7 nitrogen and oxygen atoms in total. The Balaban J connectivity index is 1.51. The van der Waals surface area contributed by atoms with Gasteiger partial charge in [0.05, 0.1) is 12.6 Å². The molecule has 3 aromatic rings. The molecule has 0 bridgehead atoms. The molecule has 1 amide bonds. The van der Waals surface area contributed by atoms with E-state index in [1.54, 1.807) is 22.8 Å². The van der Waals surface area contributed by atoms with Crippen LogP contribution < -0.4 is 16.0 Å². The average Bonchev–Trinajstić information content (AvgIpc) is 3.36. The maximum atomic E-state index is 14.0. The lowest BCUT2D eigenvalue weighted by atomic mass is 10.1. The second-order valence-electron chi connectivity index (χ2n) is 7.60. The van der Waals surface area contributed by atoms with E-state index < -0.39 is 0 Å². The molecule has 1 saturated carbocycles. The number of aromatic nitrogens is 3. The van der Waals surface area contributed by atoms with Crippen molar-refractivity contribution >= 4 is 29.3 Å². The van der Waals surface area contributed by atoms with Gasteiger partial charge in [0.2, 0.25) is 5.91 Å². The fourth-order valence-corrected chi connectivity index (χ4v) is 3.44. The SMILES string of the molecule is C=C1NC(=O)C/C1=C\c1cnn2c(NC3CC3)cc(NCc3ccccc3F)nc12. The zero-order valence-corrected chi connectivity index (χ0v) is 16.3. The standard InChI is InChI=1S/C22H21FN6O/c1-13-15(9-21(30)26-13)8-16-12-25-29-20(27-17-6-7-17)10-19(28-22(16)29)24-11-14-4-2-3-5-18(14)23/h2-5,8,10,12,17,27H,1,6-7,9,11H2,(H,24,28)(H,26,30)/b15-8+. The molecule has 3 heterocycles. The van der Waals surface area contributed by atoms with Gasteiger partial charge in [0.15, 0.2) is 5.65 Å². The molecule has 152 valence electrons. The molecule has 2 aromatic heterocycles. The molecule has 5 rings (SSSR count). The number of benzene rings is 1. The van der Waals surface area contributed by atoms with Crippen molar-refractivity contribution in [2.45, 2.75) is 31.8 Å². The molecule has 1 aromatic carbocycles. The molecular weight excluding hydrogens is 383 g/mol. The van der Waals surface area contributed by atoms with Crippen LogP contribution >= 0.6 is 0 Å². The molecule has 2 fully saturated rings. The lowest BCUT2D eigenvalue weighted by Gasteiger charge is -2.12. The highest BCUT2D eigenvalue weighted by molar-refractivity contribution is 5.89.